The molecule has 0 fully saturated rings. The number of aryl methyl sites for hydroxylation is 4. The Morgan fingerprint density at radius 1 is 0.356 bits per heavy atom. The van der Waals surface area contributed by atoms with Crippen LogP contribution >= 0.6 is 0 Å². The summed E-state index contributed by atoms with van der Waals surface area (Å²) in [6, 6.07) is 10.1. The van der Waals surface area contributed by atoms with E-state index in [2.05, 4.69) is 93.5 Å². The van der Waals surface area contributed by atoms with E-state index in [1.165, 1.54) is 151 Å². The van der Waals surface area contributed by atoms with Crippen LogP contribution < -0.4 is 0 Å². The second-order valence-corrected chi connectivity index (χ2v) is 16.8. The molecule has 0 saturated carbocycles. The maximum atomic E-state index is 12.9. The SMILES string of the molecule is CCCCCCCCC1=C(c2cc(CCCC)c(CCCC)c(CCCC)c2)[N+](=[N-])C(c2cc(CCCC)c(CCCC)c(CCCC)c2)=C1CCCC.[CH2-]C.[CH2-]C.[Ni+2]. The van der Waals surface area contributed by atoms with E-state index >= 15 is 0 Å². The molecule has 0 saturated heterocycles. The first-order chi connectivity index (χ1) is 28.4. The third-order valence-electron chi connectivity index (χ3n) is 12.1. The van der Waals surface area contributed by atoms with E-state index in [0.717, 1.165) is 62.8 Å². The molecule has 1 heterocycles. The van der Waals surface area contributed by atoms with Crippen molar-refractivity contribution >= 4 is 11.4 Å². The van der Waals surface area contributed by atoms with E-state index in [9.17, 15) is 5.53 Å². The third-order valence-corrected chi connectivity index (χ3v) is 12.1. The number of nitrogens with zero attached hydrogens (tertiary/aromatic N) is 2. The molecule has 2 aromatic carbocycles. The van der Waals surface area contributed by atoms with Crippen LogP contribution in [0.4, 0.5) is 0 Å². The van der Waals surface area contributed by atoms with Crippen LogP contribution in [-0.4, -0.2) is 4.70 Å². The van der Waals surface area contributed by atoms with Gasteiger partial charge in [-0.15, -0.1) is 0 Å². The normalized spacial score (nSPS) is 12.4. The first-order valence-corrected chi connectivity index (χ1v) is 25.1. The molecule has 2 nitrogen and oxygen atoms in total. The number of unbranched alkanes of at least 4 members (excludes halogenated alkanes) is 12. The van der Waals surface area contributed by atoms with Gasteiger partial charge in [0.15, 0.2) is 0 Å². The molecule has 0 spiro atoms. The molecule has 1 aliphatic heterocycles. The predicted molar refractivity (Wildman–Crippen MR) is 262 cm³/mol. The molecule has 0 amide bonds. The summed E-state index contributed by atoms with van der Waals surface area (Å²) in [7, 11) is 0. The van der Waals surface area contributed by atoms with Crippen molar-refractivity contribution in [2.24, 2.45) is 0 Å². The Kier molecular flexibility index (Phi) is 34.4. The molecule has 0 bridgehead atoms. The average Bonchev–Trinajstić information content (AvgIpc) is 3.53. The van der Waals surface area contributed by atoms with Gasteiger partial charge in [-0.1, -0.05) is 132 Å². The van der Waals surface area contributed by atoms with Gasteiger partial charge in [-0.3, -0.25) is 0 Å². The topological polar surface area (TPSA) is 25.3 Å². The molecular formula is C56H94N2Ni. The van der Waals surface area contributed by atoms with Crippen molar-refractivity contribution < 1.29 is 21.2 Å². The van der Waals surface area contributed by atoms with Crippen LogP contribution in [0.15, 0.2) is 35.4 Å². The third kappa shape index (κ3) is 18.5. The molecule has 1 aliphatic rings. The Hall–Kier alpha value is -1.99. The fourth-order valence-electron chi connectivity index (χ4n) is 8.80. The van der Waals surface area contributed by atoms with Crippen molar-refractivity contribution in [3.63, 3.8) is 0 Å². The van der Waals surface area contributed by atoms with E-state index in [1.807, 2.05) is 0 Å². The monoisotopic (exact) mass is 853 g/mol. The Balaban J connectivity index is 0.00000652. The smallest absolute Gasteiger partial charge is 0.493 e. The van der Waals surface area contributed by atoms with E-state index < -0.39 is 0 Å². The number of rotatable bonds is 30. The minimum atomic E-state index is 0. The van der Waals surface area contributed by atoms with Crippen LogP contribution in [0.3, 0.4) is 0 Å². The fourth-order valence-corrected chi connectivity index (χ4v) is 8.80. The summed E-state index contributed by atoms with van der Waals surface area (Å²) >= 11 is 0. The number of allylic oxidation sites excluding steroid dienone is 2. The zero-order valence-electron chi connectivity index (χ0n) is 40.7. The molecule has 0 atom stereocenters. The van der Waals surface area contributed by atoms with Crippen molar-refractivity contribution in [1.82, 2.24) is 0 Å². The first-order valence-electron chi connectivity index (χ1n) is 25.1. The van der Waals surface area contributed by atoms with Crippen molar-refractivity contribution in [3.8, 4) is 0 Å². The number of benzene rings is 2. The van der Waals surface area contributed by atoms with E-state index in [4.69, 9.17) is 0 Å². The molecule has 3 heteroatoms. The van der Waals surface area contributed by atoms with Gasteiger partial charge in [-0.05, 0) is 160 Å². The van der Waals surface area contributed by atoms with E-state index in [0.29, 0.717) is 0 Å². The standard InChI is InChI=1S/C52H84N2.2C2H5.Ni/c1-9-17-25-26-27-28-36-50-49(35-24-16-8)51(45-37-41(29-18-10-2)47(33-22-14-6)42(38-45)30-19-11-3)54(53)52(50)46-39-43(31-20-12-4)48(34-23-15-7)44(40-46)32-21-13-5;2*1-2;/h37-40H,9-36H2,1-8H3;2*1H2,2H3;/q;2*-1;+2. The number of hydrogen-bond acceptors (Lipinski definition) is 0. The summed E-state index contributed by atoms with van der Waals surface area (Å²) in [6.07, 6.45) is 33.7. The van der Waals surface area contributed by atoms with E-state index in [1.54, 1.807) is 51.9 Å². The second-order valence-electron chi connectivity index (χ2n) is 16.8. The van der Waals surface area contributed by atoms with Gasteiger partial charge in [0, 0.05) is 22.3 Å². The van der Waals surface area contributed by atoms with Gasteiger partial charge in [-0.2, -0.15) is 13.8 Å². The molecule has 0 aromatic heterocycles. The molecule has 3 rings (SSSR count). The summed E-state index contributed by atoms with van der Waals surface area (Å²) in [4.78, 5) is 0. The van der Waals surface area contributed by atoms with Gasteiger partial charge >= 0.3 is 16.5 Å². The van der Waals surface area contributed by atoms with Gasteiger partial charge in [0.2, 0.25) is 11.4 Å². The van der Waals surface area contributed by atoms with Gasteiger partial charge in [0.1, 0.15) is 0 Å². The van der Waals surface area contributed by atoms with Crippen LogP contribution in [0.2, 0.25) is 0 Å². The van der Waals surface area contributed by atoms with Gasteiger partial charge < -0.3 is 19.4 Å². The molecule has 0 N–H and O–H groups in total. The molecule has 2 aromatic rings. The summed E-state index contributed by atoms with van der Waals surface area (Å²) in [5, 5.41) is 0. The Bertz CT molecular complexity index is 1420. The summed E-state index contributed by atoms with van der Waals surface area (Å²) in [6.45, 7) is 28.6. The first kappa shape index (κ1) is 57.0. The average molecular weight is 854 g/mol. The van der Waals surface area contributed by atoms with Crippen LogP contribution in [0.1, 0.15) is 255 Å². The maximum absolute atomic E-state index is 12.9. The minimum absolute atomic E-state index is 0. The summed E-state index contributed by atoms with van der Waals surface area (Å²) in [5.41, 5.74) is 29.8. The van der Waals surface area contributed by atoms with Crippen LogP contribution in [0, 0.1) is 13.8 Å². The predicted octanol–water partition coefficient (Wildman–Crippen LogP) is 18.5. The van der Waals surface area contributed by atoms with Crippen LogP contribution in [0.25, 0.3) is 16.9 Å². The number of hydrogen-bond donors (Lipinski definition) is 0. The van der Waals surface area contributed by atoms with Crippen molar-refractivity contribution in [2.75, 3.05) is 0 Å². The fraction of sp³-hybridized carbons (Fsp3) is 0.679. The Morgan fingerprint density at radius 2 is 0.610 bits per heavy atom. The van der Waals surface area contributed by atoms with Crippen molar-refractivity contribution in [1.29, 1.82) is 0 Å². The molecular weight excluding hydrogens is 759 g/mol. The zero-order valence-corrected chi connectivity index (χ0v) is 41.7. The summed E-state index contributed by atoms with van der Waals surface area (Å²) in [5.74, 6) is 0. The van der Waals surface area contributed by atoms with Crippen LogP contribution in [0.5, 0.6) is 0 Å². The van der Waals surface area contributed by atoms with Crippen LogP contribution in [-0.2, 0) is 55.0 Å². The molecule has 338 valence electrons. The second kappa shape index (κ2) is 35.6. The quantitative estimate of drug-likeness (QED) is 0.0324. The van der Waals surface area contributed by atoms with Gasteiger partial charge in [0.25, 0.3) is 0 Å². The Morgan fingerprint density at radius 3 is 0.932 bits per heavy atom. The zero-order chi connectivity index (χ0) is 43.1. The van der Waals surface area contributed by atoms with E-state index in [-0.39, 0.29) is 16.5 Å². The van der Waals surface area contributed by atoms with Crippen molar-refractivity contribution in [3.05, 3.63) is 99.3 Å². The Labute approximate surface area is 379 Å². The molecule has 0 radical (unpaired) electrons. The van der Waals surface area contributed by atoms with Gasteiger partial charge in [-0.25, -0.2) is 4.70 Å². The summed E-state index contributed by atoms with van der Waals surface area (Å²) < 4.78 is 1.72. The molecule has 59 heavy (non-hydrogen) atoms. The minimum Gasteiger partial charge on any atom is -0.493 e. The molecule has 0 aliphatic carbocycles. The van der Waals surface area contributed by atoms with Crippen molar-refractivity contribution in [2.45, 2.75) is 249 Å². The molecule has 0 unspecified atom stereocenters. The van der Waals surface area contributed by atoms with Gasteiger partial charge in [0.05, 0.1) is 0 Å². The largest absolute Gasteiger partial charge is 2.00 e. The maximum Gasteiger partial charge on any atom is 2.00 e.